The van der Waals surface area contributed by atoms with Crippen LogP contribution in [0.5, 0.6) is 0 Å². The first-order valence-electron chi connectivity index (χ1n) is 33.3. The first-order valence-corrected chi connectivity index (χ1v) is 33.3. The molecule has 6 aromatic carbocycles. The minimum Gasteiger partial charge on any atom is -0.481 e. The summed E-state index contributed by atoms with van der Waals surface area (Å²) in [7, 11) is 0. The van der Waals surface area contributed by atoms with Gasteiger partial charge in [0.1, 0.15) is 17.5 Å². The van der Waals surface area contributed by atoms with Crippen LogP contribution in [0.3, 0.4) is 0 Å². The number of likely N-dealkylation sites (tertiary alicyclic amines) is 3. The van der Waals surface area contributed by atoms with E-state index in [1.165, 1.54) is 36.4 Å². The fourth-order valence-corrected chi connectivity index (χ4v) is 17.4. The molecule has 486 valence electrons. The van der Waals surface area contributed by atoms with Crippen molar-refractivity contribution in [1.82, 2.24) is 14.7 Å². The summed E-state index contributed by atoms with van der Waals surface area (Å²) in [6, 6.07) is 56.5. The molecule has 3 N–H and O–H groups in total. The van der Waals surface area contributed by atoms with Crippen molar-refractivity contribution >= 4 is 17.9 Å². The van der Waals surface area contributed by atoms with Gasteiger partial charge < -0.3 is 30.0 Å². The lowest BCUT2D eigenvalue weighted by molar-refractivity contribution is -0.150. The van der Waals surface area contributed by atoms with Crippen molar-refractivity contribution in [3.05, 3.63) is 215 Å². The van der Waals surface area contributed by atoms with Gasteiger partial charge in [-0.2, -0.15) is 15.8 Å². The van der Waals surface area contributed by atoms with E-state index < -0.39 is 50.4 Å². The van der Waals surface area contributed by atoms with Crippen molar-refractivity contribution in [3.63, 3.8) is 0 Å². The molecule has 0 amide bonds. The number of rotatable bonds is 12. The molecular formula is C78H87F3N6O6. The van der Waals surface area contributed by atoms with E-state index in [9.17, 15) is 58.7 Å². The third kappa shape index (κ3) is 13.4. The number of nitriles is 3. The Balaban J connectivity index is 0.000000153. The molecule has 0 unspecified atom stereocenters. The maximum atomic E-state index is 13.3. The number of hydrogen-bond donors (Lipinski definition) is 3. The highest BCUT2D eigenvalue weighted by Gasteiger charge is 2.53. The molecular weight excluding hydrogens is 1170 g/mol. The molecule has 6 aliphatic rings. The van der Waals surface area contributed by atoms with E-state index in [1.54, 1.807) is 36.4 Å². The van der Waals surface area contributed by atoms with Gasteiger partial charge in [-0.3, -0.25) is 14.4 Å². The SMILES string of the molecule is C[C@@H]1CN(C2CCC(C#N)(c3ccc(F)cc3)CC2)CC[C@]1(C(=O)O)c1ccccc1.C[C@@H]1CN(C2CCC(C#N)(c3ccc(F)cc3)CC2)CC[C@]1(C(=O)O)c1ccccc1.C[C@@H]1CN(C2CCC(C#N)(c3ccc(F)cc3)CC2)CC[C@]1(C(=O)O)c1ccccc1. The largest absolute Gasteiger partial charge is 0.481 e. The number of piperidine rings is 3. The molecule has 6 aromatic rings. The van der Waals surface area contributed by atoms with Gasteiger partial charge in [0.15, 0.2) is 0 Å². The highest BCUT2D eigenvalue weighted by atomic mass is 19.1. The molecule has 15 heteroatoms. The Morgan fingerprint density at radius 3 is 0.753 bits per heavy atom. The third-order valence-electron chi connectivity index (χ3n) is 23.2. The van der Waals surface area contributed by atoms with Crippen LogP contribution in [0.4, 0.5) is 13.2 Å². The average Bonchev–Trinajstić information content (AvgIpc) is 0.779. The van der Waals surface area contributed by atoms with Gasteiger partial charge in [-0.1, -0.05) is 148 Å². The van der Waals surface area contributed by atoms with Crippen LogP contribution < -0.4 is 0 Å². The molecule has 3 saturated carbocycles. The second-order valence-electron chi connectivity index (χ2n) is 27.7. The maximum absolute atomic E-state index is 13.3. The van der Waals surface area contributed by atoms with Gasteiger partial charge in [-0.25, -0.2) is 13.2 Å². The van der Waals surface area contributed by atoms with Crippen LogP contribution in [0.15, 0.2) is 164 Å². The fourth-order valence-electron chi connectivity index (χ4n) is 17.4. The summed E-state index contributed by atoms with van der Waals surface area (Å²) in [4.78, 5) is 44.5. The molecule has 3 saturated heterocycles. The normalized spacial score (nSPS) is 31.6. The highest BCUT2D eigenvalue weighted by Crippen LogP contribution is 2.49. The number of hydrogen-bond acceptors (Lipinski definition) is 9. The van der Waals surface area contributed by atoms with E-state index in [1.807, 2.05) is 112 Å². The molecule has 0 radical (unpaired) electrons. The second-order valence-corrected chi connectivity index (χ2v) is 27.7. The Morgan fingerprint density at radius 1 is 0.355 bits per heavy atom. The van der Waals surface area contributed by atoms with Crippen molar-refractivity contribution in [2.45, 2.75) is 168 Å². The van der Waals surface area contributed by atoms with E-state index in [2.05, 4.69) is 32.9 Å². The summed E-state index contributed by atoms with van der Waals surface area (Å²) in [6.45, 7) is 10.6. The lowest BCUT2D eigenvalue weighted by Crippen LogP contribution is -2.56. The summed E-state index contributed by atoms with van der Waals surface area (Å²) in [5.74, 6) is -3.12. The monoisotopic (exact) mass is 1260 g/mol. The van der Waals surface area contributed by atoms with Crippen LogP contribution in [-0.4, -0.2) is 105 Å². The quantitative estimate of drug-likeness (QED) is 0.105. The minimum absolute atomic E-state index is 0.0131. The van der Waals surface area contributed by atoms with Crippen LogP contribution in [0.2, 0.25) is 0 Å². The van der Waals surface area contributed by atoms with Crippen LogP contribution >= 0.6 is 0 Å². The molecule has 3 aliphatic heterocycles. The zero-order valence-corrected chi connectivity index (χ0v) is 53.8. The van der Waals surface area contributed by atoms with E-state index >= 15 is 0 Å². The van der Waals surface area contributed by atoms with Crippen molar-refractivity contribution in [2.24, 2.45) is 17.8 Å². The van der Waals surface area contributed by atoms with Crippen LogP contribution in [-0.2, 0) is 46.9 Å². The van der Waals surface area contributed by atoms with Crippen LogP contribution in [0.1, 0.15) is 150 Å². The molecule has 0 spiro atoms. The Morgan fingerprint density at radius 2 is 0.570 bits per heavy atom. The summed E-state index contributed by atoms with van der Waals surface area (Å²) < 4.78 is 40.0. The summed E-state index contributed by atoms with van der Waals surface area (Å²) in [5, 5.41) is 60.3. The maximum Gasteiger partial charge on any atom is 0.314 e. The average molecular weight is 1260 g/mol. The van der Waals surface area contributed by atoms with Crippen LogP contribution in [0.25, 0.3) is 0 Å². The van der Waals surface area contributed by atoms with Gasteiger partial charge in [0.25, 0.3) is 0 Å². The fraction of sp³-hybridized carbons (Fsp3) is 0.462. The predicted molar refractivity (Wildman–Crippen MR) is 351 cm³/mol. The first-order chi connectivity index (χ1) is 44.7. The Labute approximate surface area is 546 Å². The number of halogens is 3. The number of carboxylic acids is 3. The van der Waals surface area contributed by atoms with Gasteiger partial charge in [-0.15, -0.1) is 0 Å². The first kappa shape index (κ1) is 67.8. The third-order valence-corrected chi connectivity index (χ3v) is 23.2. The lowest BCUT2D eigenvalue weighted by Gasteiger charge is -2.48. The second kappa shape index (κ2) is 28.6. The smallest absolute Gasteiger partial charge is 0.314 e. The molecule has 0 aromatic heterocycles. The zero-order valence-electron chi connectivity index (χ0n) is 53.8. The molecule has 12 nitrogen and oxygen atoms in total. The van der Waals surface area contributed by atoms with E-state index in [4.69, 9.17) is 0 Å². The topological polar surface area (TPSA) is 193 Å². The van der Waals surface area contributed by atoms with E-state index in [0.29, 0.717) is 37.4 Å². The molecule has 93 heavy (non-hydrogen) atoms. The number of carboxylic acid groups (broad SMARTS) is 3. The number of nitrogens with zero attached hydrogens (tertiary/aromatic N) is 6. The van der Waals surface area contributed by atoms with Gasteiger partial charge in [0.2, 0.25) is 0 Å². The van der Waals surface area contributed by atoms with Crippen molar-refractivity contribution in [2.75, 3.05) is 39.3 Å². The molecule has 6 fully saturated rings. The highest BCUT2D eigenvalue weighted by molar-refractivity contribution is 5.83. The number of carbonyl (C=O) groups is 3. The van der Waals surface area contributed by atoms with E-state index in [-0.39, 0.29) is 35.2 Å². The van der Waals surface area contributed by atoms with Gasteiger partial charge in [0, 0.05) is 37.8 Å². The summed E-state index contributed by atoms with van der Waals surface area (Å²) >= 11 is 0. The van der Waals surface area contributed by atoms with Crippen molar-refractivity contribution in [1.29, 1.82) is 15.8 Å². The van der Waals surface area contributed by atoms with Crippen LogP contribution in [0, 0.1) is 69.2 Å². The number of benzene rings is 6. The number of aliphatic carboxylic acids is 3. The molecule has 12 rings (SSSR count). The molecule has 6 atom stereocenters. The van der Waals surface area contributed by atoms with Crippen molar-refractivity contribution < 1.29 is 42.9 Å². The lowest BCUT2D eigenvalue weighted by atomic mass is 9.65. The Hall–Kier alpha value is -8.13. The Bertz CT molecular complexity index is 3270. The predicted octanol–water partition coefficient (Wildman–Crippen LogP) is 14.7. The van der Waals surface area contributed by atoms with Gasteiger partial charge >= 0.3 is 17.9 Å². The Kier molecular flexibility index (Phi) is 20.8. The zero-order chi connectivity index (χ0) is 66.2. The molecule has 0 bridgehead atoms. The molecule has 3 heterocycles. The van der Waals surface area contributed by atoms with Crippen molar-refractivity contribution in [3.8, 4) is 18.2 Å². The standard InChI is InChI=1S/3C26H29FN2O2/c3*1-19-17-29(16-15-26(19,24(30)31)21-5-3-2-4-6-21)23-11-13-25(18-28,14-12-23)20-7-9-22(27)10-8-20/h3*2-10,19,23H,11-17H2,1H3,(H,30,31)/t3*19-,23?,25?,26-/m111/s1. The van der Waals surface area contributed by atoms with Gasteiger partial charge in [0.05, 0.1) is 50.7 Å². The molecule has 3 aliphatic carbocycles. The minimum atomic E-state index is -0.850. The van der Waals surface area contributed by atoms with E-state index in [0.717, 1.165) is 150 Å². The summed E-state index contributed by atoms with van der Waals surface area (Å²) in [6.07, 6.45) is 11.6. The summed E-state index contributed by atoms with van der Waals surface area (Å²) in [5.41, 5.74) is 1.14. The van der Waals surface area contributed by atoms with Gasteiger partial charge in [-0.05, 0) is 203 Å².